The van der Waals surface area contributed by atoms with Crippen molar-refractivity contribution in [3.63, 3.8) is 0 Å². The molecule has 0 rings (SSSR count). The quantitative estimate of drug-likeness (QED) is 0.425. The molecule has 0 radical (unpaired) electrons. The molecule has 0 aliphatic heterocycles. The Morgan fingerprint density at radius 2 is 2.00 bits per heavy atom. The Bertz CT molecular complexity index is 273. The Kier molecular flexibility index (Phi) is 14.1. The van der Waals surface area contributed by atoms with Crippen LogP contribution in [0.3, 0.4) is 0 Å². The van der Waals surface area contributed by atoms with Gasteiger partial charge >= 0.3 is 0 Å². The fourth-order valence-electron chi connectivity index (χ4n) is 0.794. The van der Waals surface area contributed by atoms with E-state index < -0.39 is 0 Å². The van der Waals surface area contributed by atoms with Gasteiger partial charge in [-0.3, -0.25) is 4.99 Å². The minimum Gasteiger partial charge on any atom is -0.345 e. The lowest BCUT2D eigenvalue weighted by Crippen LogP contribution is -2.17. The van der Waals surface area contributed by atoms with Gasteiger partial charge in [0.1, 0.15) is 0 Å². The molecule has 0 amide bonds. The van der Waals surface area contributed by atoms with Crippen LogP contribution in [0.1, 0.15) is 13.3 Å². The van der Waals surface area contributed by atoms with Gasteiger partial charge in [-0.25, -0.2) is 0 Å². The van der Waals surface area contributed by atoms with E-state index in [1.54, 1.807) is 13.1 Å². The summed E-state index contributed by atoms with van der Waals surface area (Å²) in [7, 11) is 3.24. The summed E-state index contributed by atoms with van der Waals surface area (Å²) in [5, 5.41) is 3.04. The van der Waals surface area contributed by atoms with Crippen molar-refractivity contribution >= 4 is 5.84 Å². The monoisotopic (exact) mass is 221 g/mol. The van der Waals surface area contributed by atoms with Crippen molar-refractivity contribution in [2.45, 2.75) is 13.3 Å². The third-order valence-electron chi connectivity index (χ3n) is 1.54. The Labute approximate surface area is 99.2 Å². The van der Waals surface area contributed by atoms with E-state index in [4.69, 9.17) is 0 Å². The van der Waals surface area contributed by atoms with Crippen molar-refractivity contribution in [1.29, 1.82) is 0 Å². The highest BCUT2D eigenvalue weighted by atomic mass is 15.0. The molecule has 3 heteroatoms. The molecule has 90 valence electrons. The second-order valence-electron chi connectivity index (χ2n) is 2.76. The number of hydrogen-bond acceptors (Lipinski definition) is 2. The van der Waals surface area contributed by atoms with Gasteiger partial charge in [-0.15, -0.1) is 0 Å². The molecule has 0 saturated heterocycles. The van der Waals surface area contributed by atoms with Crippen LogP contribution in [0.15, 0.2) is 54.2 Å². The van der Waals surface area contributed by atoms with Crippen LogP contribution < -0.4 is 11.1 Å². The summed E-state index contributed by atoms with van der Waals surface area (Å²) in [6.45, 7) is 9.32. The maximum absolute atomic E-state index is 4.50. The van der Waals surface area contributed by atoms with Gasteiger partial charge in [0, 0.05) is 12.7 Å². The number of nitrogens with one attached hydrogen (secondary N) is 1. The number of rotatable bonds is 5. The molecule has 0 aromatic rings. The largest absolute Gasteiger partial charge is 0.345 e. The summed E-state index contributed by atoms with van der Waals surface area (Å²) in [6, 6.07) is 0. The maximum Gasteiger partial charge on any atom is 0.0971 e. The summed E-state index contributed by atoms with van der Waals surface area (Å²) in [6.07, 6.45) is 10.5. The molecule has 0 heterocycles. The molecule has 3 nitrogen and oxygen atoms in total. The van der Waals surface area contributed by atoms with Gasteiger partial charge in [-0.05, 0) is 26.5 Å². The van der Waals surface area contributed by atoms with E-state index in [9.17, 15) is 0 Å². The molecule has 0 spiro atoms. The topological polar surface area (TPSA) is 50.4 Å². The molecule has 0 aromatic heterocycles. The molecule has 0 saturated carbocycles. The summed E-state index contributed by atoms with van der Waals surface area (Å²) in [5.74, 6) is 0.862. The van der Waals surface area contributed by atoms with Crippen LogP contribution in [0.4, 0.5) is 0 Å². The summed E-state index contributed by atoms with van der Waals surface area (Å²) >= 11 is 0. The summed E-state index contributed by atoms with van der Waals surface area (Å²) in [4.78, 5) is 3.97. The molecule has 0 aliphatic rings. The van der Waals surface area contributed by atoms with Crippen molar-refractivity contribution in [2.24, 2.45) is 10.7 Å². The van der Waals surface area contributed by atoms with E-state index in [1.165, 1.54) is 7.05 Å². The van der Waals surface area contributed by atoms with Crippen LogP contribution in [0.5, 0.6) is 0 Å². The average Bonchev–Trinajstić information content (AvgIpc) is 2.31. The van der Waals surface area contributed by atoms with Crippen LogP contribution in [0, 0.1) is 0 Å². The zero-order valence-electron chi connectivity index (χ0n) is 10.5. The van der Waals surface area contributed by atoms with Crippen LogP contribution >= 0.6 is 0 Å². The normalized spacial score (nSPS) is 11.1. The molecule has 0 aromatic carbocycles. The van der Waals surface area contributed by atoms with E-state index in [1.807, 2.05) is 31.2 Å². The van der Waals surface area contributed by atoms with Crippen LogP contribution in [0.25, 0.3) is 0 Å². The van der Waals surface area contributed by atoms with Crippen LogP contribution in [0.2, 0.25) is 0 Å². The number of nitrogens with two attached hydrogens (primary N) is 1. The smallest absolute Gasteiger partial charge is 0.0971 e. The highest BCUT2D eigenvalue weighted by molar-refractivity contribution is 5.81. The van der Waals surface area contributed by atoms with Crippen LogP contribution in [-0.4, -0.2) is 19.9 Å². The molecule has 0 aliphatic carbocycles. The lowest BCUT2D eigenvalue weighted by atomic mass is 10.3. The van der Waals surface area contributed by atoms with Gasteiger partial charge in [0.05, 0.1) is 5.84 Å². The first-order chi connectivity index (χ1) is 7.70. The molecule has 3 N–H and O–H groups in total. The van der Waals surface area contributed by atoms with E-state index >= 15 is 0 Å². The third-order valence-corrected chi connectivity index (χ3v) is 1.54. The van der Waals surface area contributed by atoms with Crippen molar-refractivity contribution < 1.29 is 0 Å². The van der Waals surface area contributed by atoms with Crippen molar-refractivity contribution in [1.82, 2.24) is 5.32 Å². The zero-order valence-corrected chi connectivity index (χ0v) is 10.5. The molecule has 0 fully saturated rings. The average molecular weight is 221 g/mol. The molecule has 16 heavy (non-hydrogen) atoms. The van der Waals surface area contributed by atoms with Crippen molar-refractivity contribution in [3.05, 3.63) is 49.2 Å². The molecule has 0 bridgehead atoms. The first-order valence-corrected chi connectivity index (χ1v) is 5.12. The predicted molar refractivity (Wildman–Crippen MR) is 74.5 cm³/mol. The highest BCUT2D eigenvalue weighted by Gasteiger charge is 1.87. The Morgan fingerprint density at radius 3 is 2.50 bits per heavy atom. The SMILES string of the molecule is C=CC=CC/C=C\C(=C)NC(C)=NC.CN. The third kappa shape index (κ3) is 12.4. The zero-order chi connectivity index (χ0) is 12.8. The van der Waals surface area contributed by atoms with E-state index in [-0.39, 0.29) is 0 Å². The highest BCUT2D eigenvalue weighted by Crippen LogP contribution is 1.92. The van der Waals surface area contributed by atoms with E-state index in [0.717, 1.165) is 18.0 Å². The Balaban J connectivity index is 0. The second-order valence-corrected chi connectivity index (χ2v) is 2.76. The molecule has 0 unspecified atom stereocenters. The van der Waals surface area contributed by atoms with Gasteiger partial charge in [0.15, 0.2) is 0 Å². The minimum absolute atomic E-state index is 0.847. The Hall–Kier alpha value is -1.61. The number of allylic oxidation sites excluding steroid dienone is 5. The predicted octanol–water partition coefficient (Wildman–Crippen LogP) is 2.40. The standard InChI is InChI=1S/C12H18N2.CH5N/c1-5-6-7-8-9-10-11(2)14-12(3)13-4;1-2/h5-7,9-10H,1-2,8H2,3-4H3,(H,13,14);2H2,1H3/b7-6?,10-9-;. The second kappa shape index (κ2) is 13.4. The fraction of sp³-hybridized carbons (Fsp3) is 0.308. The van der Waals surface area contributed by atoms with Gasteiger partial charge in [-0.2, -0.15) is 0 Å². The summed E-state index contributed by atoms with van der Waals surface area (Å²) < 4.78 is 0. The molecular weight excluding hydrogens is 198 g/mol. The van der Waals surface area contributed by atoms with Crippen molar-refractivity contribution in [3.8, 4) is 0 Å². The number of amidine groups is 1. The first-order valence-electron chi connectivity index (χ1n) is 5.12. The number of aliphatic imine (C=N–C) groups is 1. The lowest BCUT2D eigenvalue weighted by Gasteiger charge is -2.02. The summed E-state index contributed by atoms with van der Waals surface area (Å²) in [5.41, 5.74) is 5.35. The van der Waals surface area contributed by atoms with Gasteiger partial charge < -0.3 is 11.1 Å². The first kappa shape index (κ1) is 16.8. The van der Waals surface area contributed by atoms with Gasteiger partial charge in [-0.1, -0.05) is 37.5 Å². The lowest BCUT2D eigenvalue weighted by molar-refractivity contribution is 1.15. The van der Waals surface area contributed by atoms with E-state index in [2.05, 4.69) is 29.2 Å². The fourth-order valence-corrected chi connectivity index (χ4v) is 0.794. The maximum atomic E-state index is 4.50. The number of nitrogens with zero attached hydrogens (tertiary/aromatic N) is 1. The molecular formula is C13H23N3. The van der Waals surface area contributed by atoms with Crippen molar-refractivity contribution in [2.75, 3.05) is 14.1 Å². The number of hydrogen-bond donors (Lipinski definition) is 2. The molecule has 0 atom stereocenters. The van der Waals surface area contributed by atoms with Gasteiger partial charge in [0.2, 0.25) is 0 Å². The minimum atomic E-state index is 0.847. The Morgan fingerprint density at radius 1 is 1.38 bits per heavy atom. The van der Waals surface area contributed by atoms with E-state index in [0.29, 0.717) is 0 Å². The van der Waals surface area contributed by atoms with Gasteiger partial charge in [0.25, 0.3) is 0 Å². The van der Waals surface area contributed by atoms with Crippen LogP contribution in [-0.2, 0) is 0 Å².